The summed E-state index contributed by atoms with van der Waals surface area (Å²) in [7, 11) is 0. The molecular formula is C80H72N2O2. The molecule has 8 aromatic carbocycles. The van der Waals surface area contributed by atoms with Crippen molar-refractivity contribution in [2.24, 2.45) is 0 Å². The zero-order chi connectivity index (χ0) is 57.2. The van der Waals surface area contributed by atoms with Crippen LogP contribution in [0.2, 0.25) is 0 Å². The highest BCUT2D eigenvalue weighted by atomic mass is 16.1. The lowest BCUT2D eigenvalue weighted by Gasteiger charge is -2.19. The van der Waals surface area contributed by atoms with Gasteiger partial charge in [-0.1, -0.05) is 296 Å². The first-order valence-corrected chi connectivity index (χ1v) is 30.5. The maximum absolute atomic E-state index is 16.0. The Kier molecular flexibility index (Phi) is 17.0. The highest BCUT2D eigenvalue weighted by Crippen LogP contribution is 2.41. The van der Waals surface area contributed by atoms with E-state index in [9.17, 15) is 0 Å². The molecule has 0 aliphatic rings. The van der Waals surface area contributed by atoms with Gasteiger partial charge in [0.2, 0.25) is 0 Å². The van der Waals surface area contributed by atoms with Gasteiger partial charge in [-0.3, -0.25) is 18.4 Å². The van der Waals surface area contributed by atoms with Crippen molar-refractivity contribution in [3.8, 4) is 22.5 Å². The van der Waals surface area contributed by atoms with Crippen LogP contribution in [0.5, 0.6) is 0 Å². The van der Waals surface area contributed by atoms with Gasteiger partial charge in [0.05, 0.1) is 33.2 Å². The Hall–Kier alpha value is -9.38. The van der Waals surface area contributed by atoms with E-state index in [4.69, 9.17) is 0 Å². The van der Waals surface area contributed by atoms with E-state index < -0.39 is 0 Å². The molecule has 12 rings (SSSR count). The van der Waals surface area contributed by atoms with Crippen LogP contribution >= 0.6 is 0 Å². The molecule has 4 heteroatoms. The number of fused-ring (bicyclic) bond motifs is 3. The second-order valence-corrected chi connectivity index (χ2v) is 22.4. The van der Waals surface area contributed by atoms with Gasteiger partial charge in [-0.05, 0) is 139 Å². The van der Waals surface area contributed by atoms with Crippen molar-refractivity contribution in [1.82, 2.24) is 8.80 Å². The van der Waals surface area contributed by atoms with Gasteiger partial charge in [-0.25, -0.2) is 0 Å². The Morgan fingerprint density at radius 3 is 0.786 bits per heavy atom. The summed E-state index contributed by atoms with van der Waals surface area (Å²) in [5, 5.41) is 1.15. The van der Waals surface area contributed by atoms with Crippen LogP contribution in [0.25, 0.3) is 66.6 Å². The van der Waals surface area contributed by atoms with Crippen LogP contribution in [0.15, 0.2) is 264 Å². The summed E-state index contributed by atoms with van der Waals surface area (Å²) >= 11 is 0. The summed E-state index contributed by atoms with van der Waals surface area (Å²) in [4.78, 5) is 32.0. The average Bonchev–Trinajstić information content (AvgIpc) is 2.79. The number of nitrogens with zero attached hydrogens (tertiary/aromatic N) is 2. The number of aromatic nitrogens is 2. The molecule has 4 heterocycles. The highest BCUT2D eigenvalue weighted by Gasteiger charge is 2.26. The third-order valence-electron chi connectivity index (χ3n) is 16.9. The van der Waals surface area contributed by atoms with Gasteiger partial charge >= 0.3 is 0 Å². The SMILES string of the molecule is CCCCCCCc1c2c(=O)n3c(-c4ccc(C(=C(c5ccccc5)c5ccccc5)c5ccccc5)cc4)ccc3c(CCCCCCC)c2c(=O)n2c(-c3ccc(C(=C(c4ccccc4)c4ccccc4)c4ccccc4)cc3)ccc12. The van der Waals surface area contributed by atoms with Crippen LogP contribution < -0.4 is 11.1 Å². The number of unbranched alkanes of at least 4 members (excludes halogenated alkanes) is 8. The van der Waals surface area contributed by atoms with Crippen molar-refractivity contribution in [1.29, 1.82) is 0 Å². The third-order valence-corrected chi connectivity index (χ3v) is 16.9. The van der Waals surface area contributed by atoms with E-state index in [0.717, 1.165) is 163 Å². The first kappa shape index (κ1) is 55.2. The zero-order valence-electron chi connectivity index (χ0n) is 48.4. The lowest BCUT2D eigenvalue weighted by molar-refractivity contribution is 0.632. The lowest BCUT2D eigenvalue weighted by Crippen LogP contribution is -2.25. The van der Waals surface area contributed by atoms with Crippen molar-refractivity contribution >= 4 is 44.1 Å². The number of benzene rings is 8. The Morgan fingerprint density at radius 1 is 0.274 bits per heavy atom. The van der Waals surface area contributed by atoms with Crippen molar-refractivity contribution in [2.75, 3.05) is 0 Å². The van der Waals surface area contributed by atoms with Crippen LogP contribution in [0, 0.1) is 0 Å². The smallest absolute Gasteiger partial charge is 0.264 e. The van der Waals surface area contributed by atoms with E-state index >= 15 is 9.59 Å². The second-order valence-electron chi connectivity index (χ2n) is 22.4. The zero-order valence-corrected chi connectivity index (χ0v) is 48.4. The molecule has 0 spiro atoms. The molecule has 4 aromatic heterocycles. The van der Waals surface area contributed by atoms with Crippen molar-refractivity contribution in [3.05, 3.63) is 331 Å². The maximum atomic E-state index is 16.0. The van der Waals surface area contributed by atoms with Gasteiger partial charge in [-0.2, -0.15) is 0 Å². The van der Waals surface area contributed by atoms with Crippen molar-refractivity contribution < 1.29 is 0 Å². The quantitative estimate of drug-likeness (QED) is 0.0501. The average molecular weight is 1090 g/mol. The Bertz CT molecular complexity index is 3980. The molecule has 0 saturated carbocycles. The van der Waals surface area contributed by atoms with Gasteiger partial charge in [0.15, 0.2) is 0 Å². The van der Waals surface area contributed by atoms with Crippen LogP contribution in [0.3, 0.4) is 0 Å². The molecule has 0 unspecified atom stereocenters. The van der Waals surface area contributed by atoms with Gasteiger partial charge < -0.3 is 0 Å². The molecule has 0 bridgehead atoms. The molecule has 414 valence electrons. The van der Waals surface area contributed by atoms with E-state index in [1.807, 2.05) is 8.80 Å². The summed E-state index contributed by atoms with van der Waals surface area (Å²) < 4.78 is 3.89. The summed E-state index contributed by atoms with van der Waals surface area (Å²) in [6.45, 7) is 4.49. The number of hydrogen-bond acceptors (Lipinski definition) is 2. The first-order valence-electron chi connectivity index (χ1n) is 30.5. The van der Waals surface area contributed by atoms with Gasteiger partial charge in [-0.15, -0.1) is 0 Å². The summed E-state index contributed by atoms with van der Waals surface area (Å²) in [6.07, 6.45) is 12.2. The number of aryl methyl sites for hydroxylation is 2. The monoisotopic (exact) mass is 1090 g/mol. The van der Waals surface area contributed by atoms with Gasteiger partial charge in [0.25, 0.3) is 11.1 Å². The normalized spacial score (nSPS) is 11.4. The second kappa shape index (κ2) is 25.8. The fourth-order valence-electron chi connectivity index (χ4n) is 12.9. The number of pyridine rings is 2. The van der Waals surface area contributed by atoms with Crippen molar-refractivity contribution in [3.63, 3.8) is 0 Å². The molecule has 0 aliphatic carbocycles. The van der Waals surface area contributed by atoms with Crippen LogP contribution in [0.4, 0.5) is 0 Å². The van der Waals surface area contributed by atoms with Crippen LogP contribution in [0.1, 0.15) is 134 Å². The van der Waals surface area contributed by atoms with E-state index in [0.29, 0.717) is 23.6 Å². The highest BCUT2D eigenvalue weighted by molar-refractivity contribution is 6.06. The molecular weight excluding hydrogens is 1020 g/mol. The predicted molar refractivity (Wildman–Crippen MR) is 354 cm³/mol. The molecule has 0 amide bonds. The van der Waals surface area contributed by atoms with Gasteiger partial charge in [0.1, 0.15) is 0 Å². The standard InChI is InChI=1S/C80H72N2O2/c1-3-5-7-9-29-43-67-71-55-53-69(57-45-49-65(50-46-57)75(63-39-25-15-26-40-63)73(59-31-17-11-18-32-59)60-33-19-12-20-34-60)81(71)80(84)78-68(44-30-10-8-6-4-2)72-56-54-70(82(72)79(83)77(67)78)58-47-51-66(52-48-58)76(64-41-27-16-28-42-64)74(61-35-21-13-22-36-61)62-37-23-14-24-38-62/h11-28,31-42,45-56H,3-10,29-30,43-44H2,1-2H3. The molecule has 12 aromatic rings. The van der Waals surface area contributed by atoms with Gasteiger partial charge in [0, 0.05) is 0 Å². The van der Waals surface area contributed by atoms with E-state index in [-0.39, 0.29) is 11.1 Å². The predicted octanol–water partition coefficient (Wildman–Crippen LogP) is 19.9. The third kappa shape index (κ3) is 11.2. The molecule has 0 saturated heterocycles. The molecule has 4 nitrogen and oxygen atoms in total. The Balaban J connectivity index is 1.03. The first-order chi connectivity index (χ1) is 41.5. The number of hydrogen-bond donors (Lipinski definition) is 0. The summed E-state index contributed by atoms with van der Waals surface area (Å²) in [5.41, 5.74) is 20.4. The summed E-state index contributed by atoms with van der Waals surface area (Å²) in [6, 6.07) is 89.9. The Labute approximate surface area is 494 Å². The minimum Gasteiger partial charge on any atom is -0.276 e. The van der Waals surface area contributed by atoms with E-state index in [1.54, 1.807) is 0 Å². The molecule has 84 heavy (non-hydrogen) atoms. The minimum absolute atomic E-state index is 0.123. The molecule has 0 radical (unpaired) electrons. The molecule has 0 N–H and O–H groups in total. The van der Waals surface area contributed by atoms with Crippen molar-refractivity contribution in [2.45, 2.75) is 90.9 Å². The fourth-order valence-corrected chi connectivity index (χ4v) is 12.9. The van der Waals surface area contributed by atoms with E-state index in [2.05, 4.69) is 269 Å². The van der Waals surface area contributed by atoms with Crippen LogP contribution in [-0.2, 0) is 12.8 Å². The molecule has 0 aliphatic heterocycles. The van der Waals surface area contributed by atoms with E-state index in [1.165, 1.54) is 12.8 Å². The maximum Gasteiger partial charge on any atom is 0.264 e. The molecule has 0 atom stereocenters. The number of rotatable bonds is 22. The molecule has 0 fully saturated rings. The largest absolute Gasteiger partial charge is 0.276 e. The van der Waals surface area contributed by atoms with Crippen LogP contribution in [-0.4, -0.2) is 8.80 Å². The topological polar surface area (TPSA) is 43.0 Å². The fraction of sp³-hybridized carbons (Fsp3) is 0.175. The Morgan fingerprint density at radius 2 is 0.524 bits per heavy atom. The lowest BCUT2D eigenvalue weighted by atomic mass is 9.85. The summed E-state index contributed by atoms with van der Waals surface area (Å²) in [5.74, 6) is 0. The minimum atomic E-state index is -0.123.